The first-order chi connectivity index (χ1) is 12.7. The van der Waals surface area contributed by atoms with Gasteiger partial charge in [-0.25, -0.2) is 0 Å². The minimum atomic E-state index is 0.123. The summed E-state index contributed by atoms with van der Waals surface area (Å²) in [6, 6.07) is 15.8. The molecule has 1 amide bonds. The Morgan fingerprint density at radius 3 is 2.77 bits per heavy atom. The Balaban J connectivity index is 1.46. The Morgan fingerprint density at radius 1 is 1.12 bits per heavy atom. The summed E-state index contributed by atoms with van der Waals surface area (Å²) < 4.78 is 5.88. The van der Waals surface area contributed by atoms with Gasteiger partial charge in [-0.15, -0.1) is 0 Å². The van der Waals surface area contributed by atoms with E-state index in [9.17, 15) is 4.79 Å². The van der Waals surface area contributed by atoms with Crippen LogP contribution in [-0.2, 0) is 6.61 Å². The number of nitrogens with zero attached hydrogens (tertiary/aromatic N) is 1. The lowest BCUT2D eigenvalue weighted by atomic mass is 10.1. The molecule has 26 heavy (non-hydrogen) atoms. The second-order valence-electron chi connectivity index (χ2n) is 7.03. The summed E-state index contributed by atoms with van der Waals surface area (Å²) >= 11 is 5.91. The van der Waals surface area contributed by atoms with E-state index in [0.717, 1.165) is 37.9 Å². The van der Waals surface area contributed by atoms with Crippen LogP contribution in [0, 0.1) is 0 Å². The van der Waals surface area contributed by atoms with Crippen molar-refractivity contribution in [3.63, 3.8) is 0 Å². The summed E-state index contributed by atoms with van der Waals surface area (Å²) in [5, 5.41) is 4.15. The number of carbonyl (C=O) groups excluding carboxylic acids is 1. The van der Waals surface area contributed by atoms with Crippen LogP contribution in [0.5, 0.6) is 5.75 Å². The van der Waals surface area contributed by atoms with Gasteiger partial charge in [0.15, 0.2) is 0 Å². The van der Waals surface area contributed by atoms with Crippen molar-refractivity contribution in [2.75, 3.05) is 13.1 Å². The first-order valence-corrected chi connectivity index (χ1v) is 9.59. The third kappa shape index (κ3) is 3.71. The number of benzene rings is 2. The summed E-state index contributed by atoms with van der Waals surface area (Å²) in [5.41, 5.74) is 1.75. The standard InChI is InChI=1S/C21H23ClN2O2/c22-17-6-4-15(5-7-17)14-26-20-3-1-2-16(12-20)21(25)24-18-8-9-19(24)13-23-11-10-18/h1-7,12,18-19,23H,8-11,13-14H2. The summed E-state index contributed by atoms with van der Waals surface area (Å²) in [5.74, 6) is 0.837. The van der Waals surface area contributed by atoms with Crippen molar-refractivity contribution in [1.82, 2.24) is 10.2 Å². The number of ether oxygens (including phenoxy) is 1. The number of fused-ring (bicyclic) bond motifs is 2. The second-order valence-corrected chi connectivity index (χ2v) is 7.47. The molecule has 2 aromatic rings. The quantitative estimate of drug-likeness (QED) is 0.887. The van der Waals surface area contributed by atoms with Gasteiger partial charge in [-0.05, 0) is 61.7 Å². The van der Waals surface area contributed by atoms with Crippen molar-refractivity contribution in [2.24, 2.45) is 0 Å². The highest BCUT2D eigenvalue weighted by molar-refractivity contribution is 6.30. The predicted octanol–water partition coefficient (Wildman–Crippen LogP) is 3.89. The van der Waals surface area contributed by atoms with Gasteiger partial charge in [0.05, 0.1) is 0 Å². The first-order valence-electron chi connectivity index (χ1n) is 9.21. The summed E-state index contributed by atoms with van der Waals surface area (Å²) in [4.78, 5) is 15.2. The van der Waals surface area contributed by atoms with E-state index in [0.29, 0.717) is 35.0 Å². The van der Waals surface area contributed by atoms with Gasteiger partial charge in [0.2, 0.25) is 0 Å². The summed E-state index contributed by atoms with van der Waals surface area (Å²) in [7, 11) is 0. The van der Waals surface area contributed by atoms with Crippen LogP contribution >= 0.6 is 11.6 Å². The Hall–Kier alpha value is -2.04. The van der Waals surface area contributed by atoms with E-state index >= 15 is 0 Å². The van der Waals surface area contributed by atoms with Crippen molar-refractivity contribution in [2.45, 2.75) is 38.0 Å². The van der Waals surface area contributed by atoms with Gasteiger partial charge in [0.25, 0.3) is 5.91 Å². The fraction of sp³-hybridized carbons (Fsp3) is 0.381. The zero-order valence-corrected chi connectivity index (χ0v) is 15.4. The van der Waals surface area contributed by atoms with Gasteiger partial charge < -0.3 is 15.0 Å². The van der Waals surface area contributed by atoms with Crippen molar-refractivity contribution in [3.05, 3.63) is 64.7 Å². The van der Waals surface area contributed by atoms with E-state index in [1.54, 1.807) is 0 Å². The third-order valence-electron chi connectivity index (χ3n) is 5.29. The minimum Gasteiger partial charge on any atom is -0.489 e. The van der Waals surface area contributed by atoms with Crippen molar-refractivity contribution >= 4 is 17.5 Å². The van der Waals surface area contributed by atoms with Crippen LogP contribution in [0.25, 0.3) is 0 Å². The van der Waals surface area contributed by atoms with Crippen molar-refractivity contribution in [3.8, 4) is 5.75 Å². The van der Waals surface area contributed by atoms with E-state index in [-0.39, 0.29) is 5.91 Å². The van der Waals surface area contributed by atoms with Crippen LogP contribution in [0.4, 0.5) is 0 Å². The number of nitrogens with one attached hydrogen (secondary N) is 1. The second kappa shape index (κ2) is 7.68. The van der Waals surface area contributed by atoms with Gasteiger partial charge in [-0.2, -0.15) is 0 Å². The number of halogens is 1. The number of amides is 1. The zero-order chi connectivity index (χ0) is 17.9. The molecular weight excluding hydrogens is 348 g/mol. The maximum Gasteiger partial charge on any atom is 0.254 e. The molecule has 4 nitrogen and oxygen atoms in total. The first kappa shape index (κ1) is 17.4. The van der Waals surface area contributed by atoms with Crippen LogP contribution in [0.1, 0.15) is 35.2 Å². The number of rotatable bonds is 4. The van der Waals surface area contributed by atoms with Crippen LogP contribution in [0.2, 0.25) is 5.02 Å². The normalized spacial score (nSPS) is 22.1. The maximum absolute atomic E-state index is 13.1. The van der Waals surface area contributed by atoms with Gasteiger partial charge in [-0.3, -0.25) is 4.79 Å². The largest absolute Gasteiger partial charge is 0.489 e. The average Bonchev–Trinajstić information content (AvgIpc) is 2.93. The number of carbonyl (C=O) groups is 1. The fourth-order valence-electron chi connectivity index (χ4n) is 3.93. The van der Waals surface area contributed by atoms with Crippen LogP contribution in [0.3, 0.4) is 0 Å². The number of hydrogen-bond donors (Lipinski definition) is 1. The molecule has 2 aliphatic rings. The van der Waals surface area contributed by atoms with Gasteiger partial charge in [0.1, 0.15) is 12.4 Å². The molecule has 0 saturated carbocycles. The molecule has 2 fully saturated rings. The van der Waals surface area contributed by atoms with Gasteiger partial charge in [0, 0.05) is 29.2 Å². The van der Waals surface area contributed by atoms with Crippen molar-refractivity contribution < 1.29 is 9.53 Å². The Labute approximate surface area is 159 Å². The molecule has 2 saturated heterocycles. The van der Waals surface area contributed by atoms with E-state index in [1.165, 1.54) is 0 Å². The molecule has 0 aromatic heterocycles. The molecule has 0 radical (unpaired) electrons. The molecule has 2 heterocycles. The molecular formula is C21H23ClN2O2. The lowest BCUT2D eigenvalue weighted by Crippen LogP contribution is -2.42. The molecule has 2 unspecified atom stereocenters. The lowest BCUT2D eigenvalue weighted by molar-refractivity contribution is 0.0680. The SMILES string of the molecule is O=C(c1cccc(OCc2ccc(Cl)cc2)c1)N1C2CCNCC1CC2. The fourth-order valence-corrected chi connectivity index (χ4v) is 4.06. The molecule has 2 aromatic carbocycles. The molecule has 0 spiro atoms. The Kier molecular flexibility index (Phi) is 5.14. The van der Waals surface area contributed by atoms with Gasteiger partial charge in [-0.1, -0.05) is 29.8 Å². The highest BCUT2D eigenvalue weighted by Gasteiger charge is 2.38. The minimum absolute atomic E-state index is 0.123. The smallest absolute Gasteiger partial charge is 0.254 e. The maximum atomic E-state index is 13.1. The molecule has 5 heteroatoms. The van der Waals surface area contributed by atoms with E-state index in [2.05, 4.69) is 10.2 Å². The van der Waals surface area contributed by atoms with E-state index < -0.39 is 0 Å². The molecule has 2 atom stereocenters. The molecule has 1 N–H and O–H groups in total. The molecule has 136 valence electrons. The van der Waals surface area contributed by atoms with Crippen LogP contribution in [0.15, 0.2) is 48.5 Å². The van der Waals surface area contributed by atoms with Gasteiger partial charge >= 0.3 is 0 Å². The van der Waals surface area contributed by atoms with Crippen LogP contribution in [-0.4, -0.2) is 36.0 Å². The highest BCUT2D eigenvalue weighted by atomic mass is 35.5. The lowest BCUT2D eigenvalue weighted by Gasteiger charge is -2.28. The highest BCUT2D eigenvalue weighted by Crippen LogP contribution is 2.30. The van der Waals surface area contributed by atoms with Crippen molar-refractivity contribution in [1.29, 1.82) is 0 Å². The number of hydrogen-bond acceptors (Lipinski definition) is 3. The zero-order valence-electron chi connectivity index (χ0n) is 14.7. The molecule has 2 bridgehead atoms. The van der Waals surface area contributed by atoms with Crippen LogP contribution < -0.4 is 10.1 Å². The predicted molar refractivity (Wildman–Crippen MR) is 103 cm³/mol. The van der Waals surface area contributed by atoms with E-state index in [1.807, 2.05) is 48.5 Å². The molecule has 0 aliphatic carbocycles. The van der Waals surface area contributed by atoms with E-state index in [4.69, 9.17) is 16.3 Å². The third-order valence-corrected chi connectivity index (χ3v) is 5.54. The topological polar surface area (TPSA) is 41.6 Å². The summed E-state index contributed by atoms with van der Waals surface area (Å²) in [6.07, 6.45) is 3.25. The Morgan fingerprint density at radius 2 is 1.92 bits per heavy atom. The summed E-state index contributed by atoms with van der Waals surface area (Å²) in [6.45, 7) is 2.35. The molecule has 4 rings (SSSR count). The average molecular weight is 371 g/mol. The monoisotopic (exact) mass is 370 g/mol. The molecule has 2 aliphatic heterocycles. The Bertz CT molecular complexity index is 764.